The van der Waals surface area contributed by atoms with Crippen LogP contribution in [-0.2, 0) is 31.6 Å². The minimum atomic E-state index is -1.01. The number of hydrogen-bond acceptors (Lipinski definition) is 7. The van der Waals surface area contributed by atoms with Gasteiger partial charge in [-0.05, 0) is 49.6 Å². The van der Waals surface area contributed by atoms with E-state index in [4.69, 9.17) is 9.47 Å². The van der Waals surface area contributed by atoms with Crippen LogP contribution in [-0.4, -0.2) is 74.4 Å². The third-order valence-electron chi connectivity index (χ3n) is 7.40. The van der Waals surface area contributed by atoms with Crippen LogP contribution in [0, 0.1) is 0 Å². The fourth-order valence-electron chi connectivity index (χ4n) is 4.90. The largest absolute Gasteiger partial charge is 0.598 e. The Balaban J connectivity index is 1.19. The Morgan fingerprint density at radius 1 is 1.07 bits per heavy atom. The first-order chi connectivity index (χ1) is 19.8. The zero-order chi connectivity index (χ0) is 28.9. The number of piperazine rings is 1. The van der Waals surface area contributed by atoms with Crippen molar-refractivity contribution in [1.82, 2.24) is 24.3 Å². The van der Waals surface area contributed by atoms with Gasteiger partial charge in [-0.25, -0.2) is 0 Å². The highest BCUT2D eigenvalue weighted by Crippen LogP contribution is 2.39. The molecule has 2 heterocycles. The molecule has 0 spiro atoms. The summed E-state index contributed by atoms with van der Waals surface area (Å²) in [5.41, 5.74) is 3.87. The molecule has 0 radical (unpaired) electrons. The van der Waals surface area contributed by atoms with E-state index >= 15 is 0 Å². The average Bonchev–Trinajstić information content (AvgIpc) is 3.76. The molecule has 1 aromatic heterocycles. The molecule has 2 aliphatic rings. The van der Waals surface area contributed by atoms with E-state index in [1.54, 1.807) is 22.9 Å². The summed E-state index contributed by atoms with van der Waals surface area (Å²) < 4.78 is 27.2. The van der Waals surface area contributed by atoms with Gasteiger partial charge in [0.05, 0.1) is 25.4 Å². The van der Waals surface area contributed by atoms with Gasteiger partial charge in [-0.3, -0.25) is 14.3 Å². The highest BCUT2D eigenvalue weighted by molar-refractivity contribution is 7.88. The van der Waals surface area contributed by atoms with E-state index in [-0.39, 0.29) is 18.4 Å². The third kappa shape index (κ3) is 7.03. The van der Waals surface area contributed by atoms with Crippen LogP contribution in [0.3, 0.4) is 0 Å². The minimum Gasteiger partial charge on any atom is -0.598 e. The highest BCUT2D eigenvalue weighted by Gasteiger charge is 2.28. The number of carbonyl (C=O) groups is 2. The molecule has 1 atom stereocenters. The second-order valence-corrected chi connectivity index (χ2v) is 11.7. The van der Waals surface area contributed by atoms with Crippen molar-refractivity contribution in [3.63, 3.8) is 0 Å². The van der Waals surface area contributed by atoms with E-state index in [0.29, 0.717) is 68.1 Å². The number of aryl methyl sites for hydroxylation is 1. The summed E-state index contributed by atoms with van der Waals surface area (Å²) in [6, 6.07) is 14.9. The van der Waals surface area contributed by atoms with E-state index in [0.717, 1.165) is 29.7 Å². The molecule has 1 saturated carbocycles. The van der Waals surface area contributed by atoms with Gasteiger partial charge < -0.3 is 24.2 Å². The molecule has 5 rings (SSSR count). The smallest absolute Gasteiger partial charge is 0.269 e. The van der Waals surface area contributed by atoms with Crippen LogP contribution in [0.4, 0.5) is 0 Å². The molecule has 11 heteroatoms. The Morgan fingerprint density at radius 2 is 1.80 bits per heavy atom. The predicted molar refractivity (Wildman–Crippen MR) is 156 cm³/mol. The first-order valence-electron chi connectivity index (χ1n) is 14.0. The molecule has 0 bridgehead atoms. The molecule has 2 amide bonds. The lowest BCUT2D eigenvalue weighted by molar-refractivity contribution is 0.0698. The van der Waals surface area contributed by atoms with Crippen LogP contribution in [0.15, 0.2) is 48.5 Å². The molecule has 3 aromatic rings. The zero-order valence-corrected chi connectivity index (χ0v) is 24.6. The molecule has 2 aromatic carbocycles. The number of para-hydroxylation sites is 1. The third-order valence-corrected chi connectivity index (χ3v) is 8.49. The van der Waals surface area contributed by atoms with Crippen LogP contribution >= 0.6 is 0 Å². The topological polar surface area (TPSA) is 112 Å². The summed E-state index contributed by atoms with van der Waals surface area (Å²) in [5.74, 6) is 1.45. The number of rotatable bonds is 11. The number of aromatic nitrogens is 2. The Morgan fingerprint density at radius 3 is 2.46 bits per heavy atom. The number of amides is 2. The number of hydrogen-bond donors (Lipinski definition) is 1. The highest BCUT2D eigenvalue weighted by atomic mass is 32.2. The summed E-state index contributed by atoms with van der Waals surface area (Å²) >= 11 is -1.01. The van der Waals surface area contributed by atoms with Gasteiger partial charge in [-0.15, -0.1) is 4.31 Å². The molecule has 1 unspecified atom stereocenters. The molecule has 1 aliphatic heterocycles. The Labute approximate surface area is 243 Å². The molecular formula is C30H37N5O5S. The van der Waals surface area contributed by atoms with Crippen molar-refractivity contribution in [3.8, 4) is 11.5 Å². The maximum absolute atomic E-state index is 12.9. The van der Waals surface area contributed by atoms with Crippen molar-refractivity contribution in [3.05, 3.63) is 76.6 Å². The van der Waals surface area contributed by atoms with Crippen LogP contribution in [0.2, 0.25) is 0 Å². The summed E-state index contributed by atoms with van der Waals surface area (Å²) in [6.45, 7) is 5.28. The number of carbonyl (C=O) groups excluding carboxylic acids is 2. The molecule has 1 N–H and O–H groups in total. The molecule has 10 nitrogen and oxygen atoms in total. The monoisotopic (exact) mass is 579 g/mol. The summed E-state index contributed by atoms with van der Waals surface area (Å²) in [7, 11) is 1.79. The summed E-state index contributed by atoms with van der Waals surface area (Å²) in [4.78, 5) is 27.6. The lowest BCUT2D eigenvalue weighted by Crippen LogP contribution is -2.50. The van der Waals surface area contributed by atoms with Crippen molar-refractivity contribution < 1.29 is 23.6 Å². The first-order valence-corrected chi connectivity index (χ1v) is 15.5. The standard InChI is InChI=1S/C30H37N5O5S/c1-4-39-28-24(19-31-29(36)26-18-25(22-12-13-22)32-33(26)2)6-5-7-27(28)40-20-21-8-10-23(11-9-21)30(37)34-14-16-35(17-15-34)41(3)38/h5-11,18,22H,4,12-17,19-20H2,1-3H3,(H,31,36). The SMILES string of the molecule is CCOc1c(CNC(=O)c2cc(C3CC3)nn2C)cccc1OCc1ccc(C(=O)N2CCN([S+](C)[O-])CC2)cc1. The van der Waals surface area contributed by atoms with Gasteiger partial charge >= 0.3 is 0 Å². The van der Waals surface area contributed by atoms with Gasteiger partial charge in [-0.1, -0.05) is 24.3 Å². The van der Waals surface area contributed by atoms with Gasteiger partial charge in [0.25, 0.3) is 11.8 Å². The van der Waals surface area contributed by atoms with E-state index in [1.165, 1.54) is 0 Å². The number of nitrogens with one attached hydrogen (secondary N) is 1. The van der Waals surface area contributed by atoms with Gasteiger partial charge in [0.1, 0.15) is 18.6 Å². The maximum atomic E-state index is 12.9. The van der Waals surface area contributed by atoms with Crippen molar-refractivity contribution in [2.45, 2.75) is 38.8 Å². The first kappa shape index (κ1) is 29.0. The molecule has 1 saturated heterocycles. The number of benzene rings is 2. The van der Waals surface area contributed by atoms with Gasteiger partial charge in [0.15, 0.2) is 11.5 Å². The number of nitrogens with zero attached hydrogens (tertiary/aromatic N) is 4. The number of ether oxygens (including phenoxy) is 2. The van der Waals surface area contributed by atoms with Crippen molar-refractivity contribution in [2.24, 2.45) is 7.05 Å². The molecule has 1 aliphatic carbocycles. The van der Waals surface area contributed by atoms with Crippen molar-refractivity contribution in [1.29, 1.82) is 0 Å². The fourth-order valence-corrected chi connectivity index (χ4v) is 5.58. The Hall–Kier alpha value is -3.54. The minimum absolute atomic E-state index is 0.0257. The Kier molecular flexibility index (Phi) is 9.16. The normalized spacial score (nSPS) is 16.3. The quantitative estimate of drug-likeness (QED) is 0.347. The fraction of sp³-hybridized carbons (Fsp3) is 0.433. The Bertz CT molecular complexity index is 1360. The lowest BCUT2D eigenvalue weighted by Gasteiger charge is -2.33. The average molecular weight is 580 g/mol. The lowest BCUT2D eigenvalue weighted by atomic mass is 10.1. The summed E-state index contributed by atoms with van der Waals surface area (Å²) in [5, 5.41) is 7.48. The van der Waals surface area contributed by atoms with Gasteiger partial charge in [-0.2, -0.15) is 5.10 Å². The van der Waals surface area contributed by atoms with Crippen LogP contribution in [0.1, 0.15) is 63.4 Å². The maximum Gasteiger partial charge on any atom is 0.269 e. The van der Waals surface area contributed by atoms with Gasteiger partial charge in [0.2, 0.25) is 0 Å². The van der Waals surface area contributed by atoms with Crippen LogP contribution in [0.5, 0.6) is 11.5 Å². The predicted octanol–water partition coefficient (Wildman–Crippen LogP) is 3.26. The van der Waals surface area contributed by atoms with E-state index in [1.807, 2.05) is 59.8 Å². The summed E-state index contributed by atoms with van der Waals surface area (Å²) in [6.07, 6.45) is 3.93. The zero-order valence-electron chi connectivity index (χ0n) is 23.8. The van der Waals surface area contributed by atoms with E-state index < -0.39 is 11.4 Å². The molecule has 2 fully saturated rings. The van der Waals surface area contributed by atoms with E-state index in [2.05, 4.69) is 10.4 Å². The van der Waals surface area contributed by atoms with Crippen molar-refractivity contribution in [2.75, 3.05) is 39.0 Å². The second-order valence-electron chi connectivity index (χ2n) is 10.3. The van der Waals surface area contributed by atoms with Crippen molar-refractivity contribution >= 4 is 23.2 Å². The van der Waals surface area contributed by atoms with Crippen LogP contribution < -0.4 is 14.8 Å². The van der Waals surface area contributed by atoms with Gasteiger partial charge in [0, 0.05) is 55.1 Å². The molecular weight excluding hydrogens is 542 g/mol. The molecule has 218 valence electrons. The van der Waals surface area contributed by atoms with E-state index in [9.17, 15) is 14.1 Å². The second kappa shape index (κ2) is 13.0. The molecule has 41 heavy (non-hydrogen) atoms. The van der Waals surface area contributed by atoms with Crippen LogP contribution in [0.25, 0.3) is 0 Å².